The summed E-state index contributed by atoms with van der Waals surface area (Å²) in [5, 5.41) is 1.78. The van der Waals surface area contributed by atoms with Crippen LogP contribution in [0.3, 0.4) is 0 Å². The molecular weight excluding hydrogens is 454 g/mol. The predicted octanol–water partition coefficient (Wildman–Crippen LogP) is 4.55. The van der Waals surface area contributed by atoms with Crippen molar-refractivity contribution in [3.05, 3.63) is 106 Å². The van der Waals surface area contributed by atoms with Gasteiger partial charge in [-0.3, -0.25) is 9.59 Å². The number of hydrogen-bond acceptors (Lipinski definition) is 4. The van der Waals surface area contributed by atoms with Crippen LogP contribution in [0.5, 0.6) is 0 Å². The number of aryl methyl sites for hydroxylation is 2. The maximum atomic E-state index is 13.1. The smallest absolute Gasteiger partial charge is 0.277 e. The Hall–Kier alpha value is -3.22. The number of halogens is 1. The van der Waals surface area contributed by atoms with Crippen molar-refractivity contribution in [1.82, 2.24) is 14.0 Å². The van der Waals surface area contributed by atoms with Gasteiger partial charge in [0, 0.05) is 45.0 Å². The van der Waals surface area contributed by atoms with Gasteiger partial charge in [-0.1, -0.05) is 46.7 Å². The van der Waals surface area contributed by atoms with Crippen LogP contribution < -0.4 is 15.7 Å². The number of nitrogens with zero attached hydrogens (tertiary/aromatic N) is 3. The van der Waals surface area contributed by atoms with Crippen LogP contribution in [0, 0.1) is 27.7 Å². The van der Waals surface area contributed by atoms with E-state index in [-0.39, 0.29) is 11.1 Å². The highest BCUT2D eigenvalue weighted by molar-refractivity contribution is 7.15. The summed E-state index contributed by atoms with van der Waals surface area (Å²) >= 11 is 7.31. The first-order valence-corrected chi connectivity index (χ1v) is 11.8. The minimum absolute atomic E-state index is 0.295. The average molecular weight is 476 g/mol. The first-order chi connectivity index (χ1) is 15.7. The Kier molecular flexibility index (Phi) is 5.22. The molecule has 0 saturated heterocycles. The van der Waals surface area contributed by atoms with Crippen LogP contribution in [-0.2, 0) is 6.54 Å². The quantitative estimate of drug-likeness (QED) is 0.384. The number of thiazole rings is 1. The molecule has 166 valence electrons. The molecule has 5 aromatic rings. The Morgan fingerprint density at radius 1 is 1.00 bits per heavy atom. The van der Waals surface area contributed by atoms with E-state index < -0.39 is 0 Å². The van der Waals surface area contributed by atoms with Gasteiger partial charge in [0.05, 0.1) is 4.53 Å². The molecule has 0 aliphatic rings. The Labute approximate surface area is 199 Å². The minimum atomic E-state index is -0.318. The fourth-order valence-corrected chi connectivity index (χ4v) is 5.31. The number of benzene rings is 2. The van der Waals surface area contributed by atoms with Crippen molar-refractivity contribution in [2.24, 2.45) is 0 Å². The zero-order valence-electron chi connectivity index (χ0n) is 18.8. The molecule has 7 heteroatoms. The maximum absolute atomic E-state index is 13.1. The van der Waals surface area contributed by atoms with Gasteiger partial charge in [0.25, 0.3) is 11.1 Å². The molecule has 0 aliphatic heterocycles. The van der Waals surface area contributed by atoms with Crippen LogP contribution in [0.15, 0.2) is 52.1 Å². The van der Waals surface area contributed by atoms with Crippen LogP contribution in [0.2, 0.25) is 5.02 Å². The van der Waals surface area contributed by atoms with Crippen molar-refractivity contribution in [2.45, 2.75) is 34.2 Å². The van der Waals surface area contributed by atoms with Gasteiger partial charge < -0.3 is 4.57 Å². The lowest BCUT2D eigenvalue weighted by molar-refractivity contribution is 0.804. The van der Waals surface area contributed by atoms with Crippen LogP contribution in [0.4, 0.5) is 0 Å². The highest BCUT2D eigenvalue weighted by atomic mass is 35.5. The second-order valence-electron chi connectivity index (χ2n) is 8.39. The van der Waals surface area contributed by atoms with E-state index in [1.54, 1.807) is 13.8 Å². The third-order valence-corrected chi connectivity index (χ3v) is 7.41. The SMILES string of the molecule is Cc1ccc2c(c1)c(/C=c1\sc3nc(C)c(C)c(=O)n3c1=O)c(C)n2Cc1ccc(Cl)cc1. The highest BCUT2D eigenvalue weighted by Gasteiger charge is 2.16. The zero-order valence-corrected chi connectivity index (χ0v) is 20.3. The van der Waals surface area contributed by atoms with E-state index >= 15 is 0 Å². The van der Waals surface area contributed by atoms with Crippen molar-refractivity contribution in [3.8, 4) is 0 Å². The Morgan fingerprint density at radius 2 is 1.73 bits per heavy atom. The molecule has 0 N–H and O–H groups in total. The molecule has 5 nitrogen and oxygen atoms in total. The van der Waals surface area contributed by atoms with Crippen molar-refractivity contribution in [1.29, 1.82) is 0 Å². The van der Waals surface area contributed by atoms with E-state index in [1.165, 1.54) is 15.7 Å². The fourth-order valence-electron chi connectivity index (χ4n) is 4.19. The lowest BCUT2D eigenvalue weighted by Gasteiger charge is -2.09. The van der Waals surface area contributed by atoms with Crippen molar-refractivity contribution < 1.29 is 0 Å². The molecule has 0 amide bonds. The molecule has 2 aromatic carbocycles. The first-order valence-electron chi connectivity index (χ1n) is 10.6. The van der Waals surface area contributed by atoms with Crippen LogP contribution in [0.25, 0.3) is 21.9 Å². The summed E-state index contributed by atoms with van der Waals surface area (Å²) in [5.41, 5.74) is 5.94. The lowest BCUT2D eigenvalue weighted by atomic mass is 10.1. The standard InChI is InChI=1S/C26H22ClN3O2S/c1-14-5-10-22-21(11-14)20(17(4)29(22)13-18-6-8-19(27)9-7-18)12-23-25(32)30-24(31)15(2)16(3)28-26(30)33-23/h5-12H,13H2,1-4H3/b23-12-. The second-order valence-corrected chi connectivity index (χ2v) is 9.84. The molecule has 0 spiro atoms. The molecule has 0 unspecified atom stereocenters. The monoisotopic (exact) mass is 475 g/mol. The number of rotatable bonds is 3. The molecular formula is C26H22ClN3O2S. The van der Waals surface area contributed by atoms with Crippen molar-refractivity contribution in [3.63, 3.8) is 0 Å². The molecule has 3 aromatic heterocycles. The highest BCUT2D eigenvalue weighted by Crippen LogP contribution is 2.29. The molecule has 0 radical (unpaired) electrons. The molecule has 0 atom stereocenters. The molecule has 0 aliphatic carbocycles. The van der Waals surface area contributed by atoms with Gasteiger partial charge in [0.2, 0.25) is 4.96 Å². The number of hydrogen-bond donors (Lipinski definition) is 0. The topological polar surface area (TPSA) is 56.4 Å². The predicted molar refractivity (Wildman–Crippen MR) is 136 cm³/mol. The summed E-state index contributed by atoms with van der Waals surface area (Å²) < 4.78 is 3.94. The summed E-state index contributed by atoms with van der Waals surface area (Å²) in [6, 6.07) is 14.2. The van der Waals surface area contributed by atoms with E-state index in [4.69, 9.17) is 11.6 Å². The molecule has 0 fully saturated rings. The van der Waals surface area contributed by atoms with E-state index in [2.05, 4.69) is 41.6 Å². The fraction of sp³-hybridized carbons (Fsp3) is 0.192. The Morgan fingerprint density at radius 3 is 2.45 bits per heavy atom. The molecule has 5 rings (SSSR count). The maximum Gasteiger partial charge on any atom is 0.277 e. The largest absolute Gasteiger partial charge is 0.340 e. The zero-order chi connectivity index (χ0) is 23.4. The van der Waals surface area contributed by atoms with Crippen LogP contribution in [-0.4, -0.2) is 14.0 Å². The van der Waals surface area contributed by atoms with Gasteiger partial charge in [0.15, 0.2) is 0 Å². The van der Waals surface area contributed by atoms with Gasteiger partial charge in [0.1, 0.15) is 0 Å². The summed E-state index contributed by atoms with van der Waals surface area (Å²) in [6.45, 7) is 8.30. The Bertz CT molecular complexity index is 1730. The number of fused-ring (bicyclic) bond motifs is 2. The molecule has 0 saturated carbocycles. The number of aromatic nitrogens is 3. The normalized spacial score (nSPS) is 12.3. The molecule has 0 bridgehead atoms. The summed E-state index contributed by atoms with van der Waals surface area (Å²) in [5.74, 6) is 0. The summed E-state index contributed by atoms with van der Waals surface area (Å²) in [7, 11) is 0. The molecule has 33 heavy (non-hydrogen) atoms. The van der Waals surface area contributed by atoms with Crippen LogP contribution in [0.1, 0.15) is 33.6 Å². The summed E-state index contributed by atoms with van der Waals surface area (Å²) in [6.07, 6.45) is 1.90. The van der Waals surface area contributed by atoms with Gasteiger partial charge in [-0.2, -0.15) is 0 Å². The first kappa shape index (κ1) is 21.6. The second kappa shape index (κ2) is 7.97. The lowest BCUT2D eigenvalue weighted by Crippen LogP contribution is -2.32. The van der Waals surface area contributed by atoms with E-state index in [9.17, 15) is 9.59 Å². The van der Waals surface area contributed by atoms with Crippen molar-refractivity contribution in [2.75, 3.05) is 0 Å². The van der Waals surface area contributed by atoms with Gasteiger partial charge in [-0.25, -0.2) is 9.38 Å². The van der Waals surface area contributed by atoms with Gasteiger partial charge in [-0.05, 0) is 63.6 Å². The average Bonchev–Trinajstić information content (AvgIpc) is 3.22. The molecule has 3 heterocycles. The van der Waals surface area contributed by atoms with Gasteiger partial charge >= 0.3 is 0 Å². The Balaban J connectivity index is 1.77. The van der Waals surface area contributed by atoms with E-state index in [0.29, 0.717) is 32.3 Å². The van der Waals surface area contributed by atoms with E-state index in [0.717, 1.165) is 33.3 Å². The summed E-state index contributed by atoms with van der Waals surface area (Å²) in [4.78, 5) is 30.7. The van der Waals surface area contributed by atoms with E-state index in [1.807, 2.05) is 30.3 Å². The van der Waals surface area contributed by atoms with Crippen LogP contribution >= 0.6 is 22.9 Å². The third-order valence-electron chi connectivity index (χ3n) is 6.19. The third kappa shape index (κ3) is 3.59. The van der Waals surface area contributed by atoms with Gasteiger partial charge in [-0.15, -0.1) is 0 Å². The van der Waals surface area contributed by atoms with Crippen molar-refractivity contribution >= 4 is 44.9 Å². The minimum Gasteiger partial charge on any atom is -0.340 e.